The first kappa shape index (κ1) is 16.7. The highest BCUT2D eigenvalue weighted by Gasteiger charge is 2.36. The molecule has 1 aliphatic heterocycles. The average Bonchev–Trinajstić information content (AvgIpc) is 2.98. The van der Waals surface area contributed by atoms with Crippen LogP contribution in [0.2, 0.25) is 0 Å². The summed E-state index contributed by atoms with van der Waals surface area (Å²) in [6, 6.07) is 8.41. The van der Waals surface area contributed by atoms with E-state index in [1.54, 1.807) is 0 Å². The summed E-state index contributed by atoms with van der Waals surface area (Å²) in [6.45, 7) is 8.52. The molecule has 0 bridgehead atoms. The molecule has 5 heteroatoms. The van der Waals surface area contributed by atoms with Gasteiger partial charge in [0.05, 0.1) is 16.8 Å². The molecule has 0 spiro atoms. The van der Waals surface area contributed by atoms with Crippen LogP contribution in [-0.4, -0.2) is 38.8 Å². The minimum absolute atomic E-state index is 0.562. The second-order valence-electron chi connectivity index (χ2n) is 7.15. The highest BCUT2D eigenvalue weighted by Crippen LogP contribution is 2.31. The molecule has 2 aromatic rings. The Hall–Kier alpha value is -2.14. The number of carboxylic acid groups (broad SMARTS) is 1. The molecule has 1 aromatic carbocycles. The van der Waals surface area contributed by atoms with Crippen LogP contribution in [0.1, 0.15) is 36.6 Å². The maximum Gasteiger partial charge on any atom is 0.309 e. The molecule has 2 heterocycles. The molecule has 0 amide bonds. The summed E-state index contributed by atoms with van der Waals surface area (Å²) < 4.78 is 1.89. The zero-order chi connectivity index (χ0) is 17.3. The van der Waals surface area contributed by atoms with Gasteiger partial charge in [-0.05, 0) is 76.0 Å². The lowest BCUT2D eigenvalue weighted by atomic mass is 9.80. The van der Waals surface area contributed by atoms with Crippen LogP contribution in [0.15, 0.2) is 30.5 Å². The first-order chi connectivity index (χ1) is 11.4. The lowest BCUT2D eigenvalue weighted by Crippen LogP contribution is -2.42. The van der Waals surface area contributed by atoms with E-state index in [1.807, 2.05) is 30.8 Å². The smallest absolute Gasteiger partial charge is 0.309 e. The lowest BCUT2D eigenvalue weighted by Gasteiger charge is -2.36. The fourth-order valence-electron chi connectivity index (χ4n) is 3.22. The summed E-state index contributed by atoms with van der Waals surface area (Å²) in [6.07, 6.45) is 3.40. The third kappa shape index (κ3) is 3.36. The van der Waals surface area contributed by atoms with Gasteiger partial charge in [-0.1, -0.05) is 6.07 Å². The molecule has 1 fully saturated rings. The summed E-state index contributed by atoms with van der Waals surface area (Å²) in [4.78, 5) is 13.7. The van der Waals surface area contributed by atoms with Gasteiger partial charge in [0.25, 0.3) is 0 Å². The van der Waals surface area contributed by atoms with Crippen LogP contribution in [0, 0.1) is 19.3 Å². The molecule has 3 rings (SSSR count). The number of aliphatic carboxylic acids is 1. The van der Waals surface area contributed by atoms with Gasteiger partial charge in [0.15, 0.2) is 0 Å². The lowest BCUT2D eigenvalue weighted by molar-refractivity contribution is -0.150. The van der Waals surface area contributed by atoms with E-state index in [1.165, 1.54) is 11.1 Å². The number of aryl methyl sites for hydroxylation is 2. The van der Waals surface area contributed by atoms with Gasteiger partial charge in [-0.3, -0.25) is 9.69 Å². The molecule has 1 saturated heterocycles. The third-order valence-electron chi connectivity index (χ3n) is 5.18. The van der Waals surface area contributed by atoms with Crippen LogP contribution >= 0.6 is 0 Å². The summed E-state index contributed by atoms with van der Waals surface area (Å²) >= 11 is 0. The SMILES string of the molecule is Cc1ccn(-c2ccc(CN3CCC(C)(C(=O)O)CC3)c(C)c2)n1. The normalized spacial score (nSPS) is 17.8. The van der Waals surface area contributed by atoms with Crippen molar-refractivity contribution < 1.29 is 9.90 Å². The molecule has 0 unspecified atom stereocenters. The van der Waals surface area contributed by atoms with Gasteiger partial charge in [0, 0.05) is 12.7 Å². The van der Waals surface area contributed by atoms with Gasteiger partial charge < -0.3 is 5.11 Å². The van der Waals surface area contributed by atoms with Crippen molar-refractivity contribution in [1.29, 1.82) is 0 Å². The van der Waals surface area contributed by atoms with Crippen molar-refractivity contribution in [3.63, 3.8) is 0 Å². The van der Waals surface area contributed by atoms with Crippen molar-refractivity contribution in [1.82, 2.24) is 14.7 Å². The molecule has 0 radical (unpaired) electrons. The summed E-state index contributed by atoms with van der Waals surface area (Å²) in [7, 11) is 0. The first-order valence-corrected chi connectivity index (χ1v) is 8.45. The number of aromatic nitrogens is 2. The Labute approximate surface area is 142 Å². The van der Waals surface area contributed by atoms with Crippen LogP contribution < -0.4 is 0 Å². The molecular weight excluding hydrogens is 302 g/mol. The Morgan fingerprint density at radius 2 is 1.96 bits per heavy atom. The van der Waals surface area contributed by atoms with Crippen LogP contribution in [0.25, 0.3) is 5.69 Å². The largest absolute Gasteiger partial charge is 0.481 e. The third-order valence-corrected chi connectivity index (χ3v) is 5.18. The Bertz CT molecular complexity index is 743. The van der Waals surface area contributed by atoms with Crippen molar-refractivity contribution in [2.75, 3.05) is 13.1 Å². The minimum atomic E-state index is -0.669. The van der Waals surface area contributed by atoms with E-state index in [9.17, 15) is 9.90 Å². The van der Waals surface area contributed by atoms with Gasteiger partial charge in [0.2, 0.25) is 0 Å². The number of rotatable bonds is 4. The molecule has 0 aliphatic carbocycles. The molecule has 1 N–H and O–H groups in total. The average molecular weight is 327 g/mol. The predicted molar refractivity (Wildman–Crippen MR) is 93.3 cm³/mol. The molecule has 24 heavy (non-hydrogen) atoms. The zero-order valence-corrected chi connectivity index (χ0v) is 14.6. The second-order valence-corrected chi connectivity index (χ2v) is 7.15. The van der Waals surface area contributed by atoms with E-state index in [0.29, 0.717) is 12.8 Å². The molecule has 0 saturated carbocycles. The number of likely N-dealkylation sites (tertiary alicyclic amines) is 1. The van der Waals surface area contributed by atoms with E-state index in [-0.39, 0.29) is 0 Å². The molecular formula is C19H25N3O2. The van der Waals surface area contributed by atoms with Gasteiger partial charge in [-0.15, -0.1) is 0 Å². The number of benzene rings is 1. The van der Waals surface area contributed by atoms with Gasteiger partial charge >= 0.3 is 5.97 Å². The number of nitrogens with zero attached hydrogens (tertiary/aromatic N) is 3. The summed E-state index contributed by atoms with van der Waals surface area (Å²) in [5.41, 5.74) is 4.05. The number of carbonyl (C=O) groups is 1. The van der Waals surface area contributed by atoms with Crippen molar-refractivity contribution >= 4 is 5.97 Å². The highest BCUT2D eigenvalue weighted by atomic mass is 16.4. The summed E-state index contributed by atoms with van der Waals surface area (Å²) in [5, 5.41) is 13.8. The van der Waals surface area contributed by atoms with E-state index in [4.69, 9.17) is 0 Å². The molecule has 1 aromatic heterocycles. The summed E-state index contributed by atoms with van der Waals surface area (Å²) in [5.74, 6) is -0.669. The quantitative estimate of drug-likeness (QED) is 0.937. The van der Waals surface area contributed by atoms with Gasteiger partial charge in [-0.2, -0.15) is 5.10 Å². The molecule has 5 nitrogen and oxygen atoms in total. The van der Waals surface area contributed by atoms with Crippen LogP contribution in [0.4, 0.5) is 0 Å². The van der Waals surface area contributed by atoms with E-state index < -0.39 is 11.4 Å². The first-order valence-electron chi connectivity index (χ1n) is 8.45. The Kier molecular flexibility index (Phi) is 4.45. The van der Waals surface area contributed by atoms with E-state index in [0.717, 1.165) is 31.0 Å². The van der Waals surface area contributed by atoms with Gasteiger partial charge in [0.1, 0.15) is 0 Å². The standard InChI is InChI=1S/C19H25N3O2/c1-14-12-17(22-9-6-15(2)20-22)5-4-16(14)13-21-10-7-19(3,8-11-21)18(23)24/h4-6,9,12H,7-8,10-11,13H2,1-3H3,(H,23,24). The van der Waals surface area contributed by atoms with E-state index >= 15 is 0 Å². The maximum absolute atomic E-state index is 11.3. The second kappa shape index (κ2) is 6.40. The van der Waals surface area contributed by atoms with Crippen molar-refractivity contribution in [2.24, 2.45) is 5.41 Å². The van der Waals surface area contributed by atoms with E-state index in [2.05, 4.69) is 35.1 Å². The van der Waals surface area contributed by atoms with Gasteiger partial charge in [-0.25, -0.2) is 4.68 Å². The fraction of sp³-hybridized carbons (Fsp3) is 0.474. The predicted octanol–water partition coefficient (Wildman–Crippen LogP) is 3.18. The molecule has 0 atom stereocenters. The minimum Gasteiger partial charge on any atom is -0.481 e. The fourth-order valence-corrected chi connectivity index (χ4v) is 3.22. The van der Waals surface area contributed by atoms with Crippen molar-refractivity contribution in [2.45, 2.75) is 40.2 Å². The Morgan fingerprint density at radius 3 is 2.50 bits per heavy atom. The van der Waals surface area contributed by atoms with Crippen LogP contribution in [0.5, 0.6) is 0 Å². The monoisotopic (exact) mass is 327 g/mol. The molecule has 128 valence electrons. The Balaban J connectivity index is 1.67. The zero-order valence-electron chi connectivity index (χ0n) is 14.6. The number of hydrogen-bond donors (Lipinski definition) is 1. The number of hydrogen-bond acceptors (Lipinski definition) is 3. The molecule has 1 aliphatic rings. The Morgan fingerprint density at radius 1 is 1.25 bits per heavy atom. The number of piperidine rings is 1. The van der Waals surface area contributed by atoms with Crippen LogP contribution in [-0.2, 0) is 11.3 Å². The van der Waals surface area contributed by atoms with Crippen molar-refractivity contribution in [3.8, 4) is 5.69 Å². The van der Waals surface area contributed by atoms with Crippen LogP contribution in [0.3, 0.4) is 0 Å². The maximum atomic E-state index is 11.3. The highest BCUT2D eigenvalue weighted by molar-refractivity contribution is 5.74. The number of carboxylic acids is 1. The van der Waals surface area contributed by atoms with Crippen molar-refractivity contribution in [3.05, 3.63) is 47.3 Å². The topological polar surface area (TPSA) is 58.4 Å².